The van der Waals surface area contributed by atoms with Gasteiger partial charge in [0.15, 0.2) is 0 Å². The maximum atomic E-state index is 12.3. The number of hydrogen-bond acceptors (Lipinski definition) is 5. The number of fused-ring (bicyclic) bond motifs is 1. The number of benzene rings is 2. The van der Waals surface area contributed by atoms with Crippen LogP contribution in [-0.4, -0.2) is 38.1 Å². The van der Waals surface area contributed by atoms with Crippen molar-refractivity contribution in [2.75, 3.05) is 14.2 Å². The minimum atomic E-state index is -0.867. The molecule has 0 fully saturated rings. The second-order valence-electron chi connectivity index (χ2n) is 5.66. The van der Waals surface area contributed by atoms with Gasteiger partial charge in [-0.1, -0.05) is 48.5 Å². The molecule has 0 spiro atoms. The highest BCUT2D eigenvalue weighted by Crippen LogP contribution is 2.16. The van der Waals surface area contributed by atoms with E-state index in [1.165, 1.54) is 26.4 Å². The van der Waals surface area contributed by atoms with E-state index < -0.39 is 18.0 Å². The molecule has 0 radical (unpaired) electrons. The highest BCUT2D eigenvalue weighted by atomic mass is 16.5. The molecule has 0 aliphatic carbocycles. The van der Waals surface area contributed by atoms with E-state index in [1.54, 1.807) is 0 Å². The zero-order valence-corrected chi connectivity index (χ0v) is 14.7. The van der Waals surface area contributed by atoms with Crippen LogP contribution in [-0.2, 0) is 30.3 Å². The summed E-state index contributed by atoms with van der Waals surface area (Å²) in [6.07, 6.45) is 2.93. The Morgan fingerprint density at radius 3 is 2.46 bits per heavy atom. The van der Waals surface area contributed by atoms with E-state index in [2.05, 4.69) is 10.1 Å². The molecule has 1 atom stereocenters. The Bertz CT molecular complexity index is 828. The fourth-order valence-corrected chi connectivity index (χ4v) is 2.50. The maximum absolute atomic E-state index is 12.3. The van der Waals surface area contributed by atoms with Crippen LogP contribution < -0.4 is 5.32 Å². The molecule has 0 saturated heterocycles. The number of hydrogen-bond donors (Lipinski definition) is 1. The van der Waals surface area contributed by atoms with Crippen molar-refractivity contribution in [3.8, 4) is 0 Å². The summed E-state index contributed by atoms with van der Waals surface area (Å²) in [6, 6.07) is 12.8. The molecule has 0 aliphatic rings. The van der Waals surface area contributed by atoms with Crippen LogP contribution in [0, 0.1) is 0 Å². The summed E-state index contributed by atoms with van der Waals surface area (Å²) in [5, 5.41) is 4.78. The zero-order valence-electron chi connectivity index (χ0n) is 14.7. The summed E-state index contributed by atoms with van der Waals surface area (Å²) < 4.78 is 9.19. The fraction of sp³-hybridized carbons (Fsp3) is 0.250. The number of methoxy groups -OCH3 is 2. The van der Waals surface area contributed by atoms with Crippen LogP contribution >= 0.6 is 0 Å². The quantitative estimate of drug-likeness (QED) is 0.608. The van der Waals surface area contributed by atoms with Crippen LogP contribution in [0.3, 0.4) is 0 Å². The first-order valence-electron chi connectivity index (χ1n) is 8.13. The molecular weight excluding hydrogens is 334 g/mol. The third kappa shape index (κ3) is 5.44. The van der Waals surface area contributed by atoms with Crippen molar-refractivity contribution in [3.05, 3.63) is 60.2 Å². The van der Waals surface area contributed by atoms with E-state index in [-0.39, 0.29) is 18.7 Å². The van der Waals surface area contributed by atoms with Gasteiger partial charge in [0.2, 0.25) is 5.91 Å². The number of amides is 1. The molecule has 0 aromatic heterocycles. The summed E-state index contributed by atoms with van der Waals surface area (Å²) in [5.74, 6) is -1.41. The van der Waals surface area contributed by atoms with Crippen molar-refractivity contribution >= 4 is 28.6 Å². The average Bonchev–Trinajstić information content (AvgIpc) is 2.66. The van der Waals surface area contributed by atoms with Crippen LogP contribution in [0.15, 0.2) is 54.6 Å². The van der Waals surface area contributed by atoms with Gasteiger partial charge in [0, 0.05) is 6.08 Å². The topological polar surface area (TPSA) is 81.7 Å². The van der Waals surface area contributed by atoms with Crippen LogP contribution in [0.25, 0.3) is 10.8 Å². The van der Waals surface area contributed by atoms with Crippen molar-refractivity contribution < 1.29 is 23.9 Å². The van der Waals surface area contributed by atoms with Gasteiger partial charge in [-0.25, -0.2) is 9.59 Å². The molecule has 2 rings (SSSR count). The van der Waals surface area contributed by atoms with Gasteiger partial charge in [-0.3, -0.25) is 4.79 Å². The summed E-state index contributed by atoms with van der Waals surface area (Å²) in [6.45, 7) is 0. The smallest absolute Gasteiger partial charge is 0.330 e. The molecule has 0 aliphatic heterocycles. The van der Waals surface area contributed by atoms with E-state index in [4.69, 9.17) is 4.74 Å². The Morgan fingerprint density at radius 2 is 1.77 bits per heavy atom. The summed E-state index contributed by atoms with van der Waals surface area (Å²) in [5.41, 5.74) is 0.843. The van der Waals surface area contributed by atoms with E-state index in [9.17, 15) is 14.4 Å². The van der Waals surface area contributed by atoms with Crippen LogP contribution in [0.5, 0.6) is 0 Å². The molecule has 2 aromatic rings. The molecule has 26 heavy (non-hydrogen) atoms. The van der Waals surface area contributed by atoms with Gasteiger partial charge in [-0.15, -0.1) is 0 Å². The molecule has 0 unspecified atom stereocenters. The molecule has 6 nitrogen and oxygen atoms in total. The molecule has 1 amide bonds. The Hall–Kier alpha value is -3.15. The first-order valence-corrected chi connectivity index (χ1v) is 8.13. The molecule has 1 N–H and O–H groups in total. The second kappa shape index (κ2) is 9.36. The monoisotopic (exact) mass is 355 g/mol. The van der Waals surface area contributed by atoms with Gasteiger partial charge in [0.25, 0.3) is 0 Å². The number of carbonyl (C=O) groups is 3. The summed E-state index contributed by atoms with van der Waals surface area (Å²) in [7, 11) is 2.50. The van der Waals surface area contributed by atoms with Crippen molar-refractivity contribution in [2.45, 2.75) is 18.9 Å². The average molecular weight is 355 g/mol. The predicted molar refractivity (Wildman–Crippen MR) is 97.4 cm³/mol. The SMILES string of the molecule is COC(=O)/C=C/C[C@H](NC(=O)Cc1ccc2ccccc2c1)C(=O)OC. The first-order chi connectivity index (χ1) is 12.5. The standard InChI is InChI=1S/C20H21NO5/c1-25-19(23)9-5-8-17(20(24)26-2)21-18(22)13-14-10-11-15-6-3-4-7-16(15)12-14/h3-7,9-12,17H,8,13H2,1-2H3,(H,21,22)/b9-5+/t17-/m0/s1. The van der Waals surface area contributed by atoms with Gasteiger partial charge in [-0.2, -0.15) is 0 Å². The van der Waals surface area contributed by atoms with E-state index in [0.717, 1.165) is 16.3 Å². The molecule has 0 bridgehead atoms. The molecule has 0 heterocycles. The molecule has 6 heteroatoms. The fourth-order valence-electron chi connectivity index (χ4n) is 2.50. The van der Waals surface area contributed by atoms with E-state index in [0.29, 0.717) is 0 Å². The third-order valence-electron chi connectivity index (χ3n) is 3.83. The Labute approximate surface area is 151 Å². The van der Waals surface area contributed by atoms with Crippen molar-refractivity contribution in [1.82, 2.24) is 5.32 Å². The Balaban J connectivity index is 2.01. The summed E-state index contributed by atoms with van der Waals surface area (Å²) >= 11 is 0. The largest absolute Gasteiger partial charge is 0.467 e. The highest BCUT2D eigenvalue weighted by Gasteiger charge is 2.20. The minimum Gasteiger partial charge on any atom is -0.467 e. The van der Waals surface area contributed by atoms with Gasteiger partial charge < -0.3 is 14.8 Å². The van der Waals surface area contributed by atoms with Crippen molar-refractivity contribution in [2.24, 2.45) is 0 Å². The summed E-state index contributed by atoms with van der Waals surface area (Å²) in [4.78, 5) is 35.2. The predicted octanol–water partition coefficient (Wildman–Crippen LogP) is 2.16. The van der Waals surface area contributed by atoms with Gasteiger partial charge in [0.1, 0.15) is 6.04 Å². The molecule has 0 saturated carbocycles. The Morgan fingerprint density at radius 1 is 1.04 bits per heavy atom. The normalized spacial score (nSPS) is 11.9. The first kappa shape index (κ1) is 19.2. The van der Waals surface area contributed by atoms with Crippen molar-refractivity contribution in [3.63, 3.8) is 0 Å². The lowest BCUT2D eigenvalue weighted by atomic mass is 10.0. The number of carbonyl (C=O) groups excluding carboxylic acids is 3. The zero-order chi connectivity index (χ0) is 18.9. The van der Waals surface area contributed by atoms with Crippen LogP contribution in [0.2, 0.25) is 0 Å². The lowest BCUT2D eigenvalue weighted by Crippen LogP contribution is -2.41. The minimum absolute atomic E-state index is 0.130. The molecule has 136 valence electrons. The molecular formula is C20H21NO5. The van der Waals surface area contributed by atoms with Gasteiger partial charge in [-0.05, 0) is 22.8 Å². The van der Waals surface area contributed by atoms with Gasteiger partial charge in [0.05, 0.1) is 20.6 Å². The number of rotatable bonds is 7. The third-order valence-corrected chi connectivity index (χ3v) is 3.83. The lowest BCUT2D eigenvalue weighted by molar-refractivity contribution is -0.145. The molecule has 2 aromatic carbocycles. The Kier molecular flexibility index (Phi) is 6.91. The van der Waals surface area contributed by atoms with Gasteiger partial charge >= 0.3 is 11.9 Å². The van der Waals surface area contributed by atoms with Crippen LogP contribution in [0.1, 0.15) is 12.0 Å². The number of esters is 2. The van der Waals surface area contributed by atoms with E-state index >= 15 is 0 Å². The number of ether oxygens (including phenoxy) is 2. The number of nitrogens with one attached hydrogen (secondary N) is 1. The highest BCUT2D eigenvalue weighted by molar-refractivity contribution is 5.88. The van der Waals surface area contributed by atoms with Crippen molar-refractivity contribution in [1.29, 1.82) is 0 Å². The van der Waals surface area contributed by atoms with E-state index in [1.807, 2.05) is 42.5 Å². The lowest BCUT2D eigenvalue weighted by Gasteiger charge is -2.15. The second-order valence-corrected chi connectivity index (χ2v) is 5.66. The van der Waals surface area contributed by atoms with Crippen LogP contribution in [0.4, 0.5) is 0 Å². The maximum Gasteiger partial charge on any atom is 0.330 e.